The van der Waals surface area contributed by atoms with Gasteiger partial charge < -0.3 is 10.5 Å². The molecule has 2 aromatic rings. The standard InChI is InChI=1S/C12H10BrFN2O/c1-7-6-16-12(5-10(7)15)17-11-3-2-8(13)4-9(11)14/h2-6H,1H3,(H2,15,16). The second kappa shape index (κ2) is 4.71. The minimum atomic E-state index is -0.458. The number of hydrogen-bond donors (Lipinski definition) is 1. The molecule has 0 atom stereocenters. The fourth-order valence-electron chi connectivity index (χ4n) is 1.25. The number of aryl methyl sites for hydroxylation is 1. The van der Waals surface area contributed by atoms with Gasteiger partial charge in [-0.3, -0.25) is 0 Å². The second-order valence-electron chi connectivity index (χ2n) is 3.56. The van der Waals surface area contributed by atoms with E-state index in [4.69, 9.17) is 10.5 Å². The minimum absolute atomic E-state index is 0.115. The minimum Gasteiger partial charge on any atom is -0.436 e. The number of nitrogens with zero attached hydrogens (tertiary/aromatic N) is 1. The van der Waals surface area contributed by atoms with Crippen LogP contribution in [0, 0.1) is 12.7 Å². The molecule has 0 unspecified atom stereocenters. The maximum absolute atomic E-state index is 13.5. The van der Waals surface area contributed by atoms with E-state index in [0.717, 1.165) is 5.56 Å². The third kappa shape index (κ3) is 2.74. The molecule has 0 aliphatic heterocycles. The van der Waals surface area contributed by atoms with Crippen molar-refractivity contribution in [3.63, 3.8) is 0 Å². The molecule has 5 heteroatoms. The zero-order chi connectivity index (χ0) is 12.4. The summed E-state index contributed by atoms with van der Waals surface area (Å²) in [5.41, 5.74) is 7.13. The van der Waals surface area contributed by atoms with Crippen LogP contribution in [0.4, 0.5) is 10.1 Å². The molecular weight excluding hydrogens is 287 g/mol. The predicted octanol–water partition coefficient (Wildman–Crippen LogP) is 3.67. The van der Waals surface area contributed by atoms with Crippen LogP contribution in [0.25, 0.3) is 0 Å². The van der Waals surface area contributed by atoms with E-state index < -0.39 is 5.82 Å². The normalized spacial score (nSPS) is 10.3. The van der Waals surface area contributed by atoms with E-state index in [2.05, 4.69) is 20.9 Å². The SMILES string of the molecule is Cc1cnc(Oc2ccc(Br)cc2F)cc1N. The van der Waals surface area contributed by atoms with Crippen molar-refractivity contribution in [2.75, 3.05) is 5.73 Å². The van der Waals surface area contributed by atoms with Gasteiger partial charge in [0.05, 0.1) is 0 Å². The molecule has 0 radical (unpaired) electrons. The number of hydrogen-bond acceptors (Lipinski definition) is 3. The first-order valence-electron chi connectivity index (χ1n) is 4.91. The highest BCUT2D eigenvalue weighted by Gasteiger charge is 2.07. The third-order valence-corrected chi connectivity index (χ3v) is 2.72. The van der Waals surface area contributed by atoms with Crippen molar-refractivity contribution in [1.29, 1.82) is 0 Å². The van der Waals surface area contributed by atoms with E-state index in [9.17, 15) is 4.39 Å². The first-order chi connectivity index (χ1) is 8.06. The van der Waals surface area contributed by atoms with E-state index in [1.54, 1.807) is 18.3 Å². The van der Waals surface area contributed by atoms with Crippen molar-refractivity contribution in [1.82, 2.24) is 4.98 Å². The lowest BCUT2D eigenvalue weighted by Gasteiger charge is -2.07. The molecule has 17 heavy (non-hydrogen) atoms. The predicted molar refractivity (Wildman–Crippen MR) is 67.6 cm³/mol. The monoisotopic (exact) mass is 296 g/mol. The Hall–Kier alpha value is -1.62. The summed E-state index contributed by atoms with van der Waals surface area (Å²) in [5, 5.41) is 0. The molecule has 3 nitrogen and oxygen atoms in total. The molecular formula is C12H10BrFN2O. The zero-order valence-corrected chi connectivity index (χ0v) is 10.7. The van der Waals surface area contributed by atoms with Crippen LogP contribution in [0.3, 0.4) is 0 Å². The first-order valence-corrected chi connectivity index (χ1v) is 5.70. The average molecular weight is 297 g/mol. The molecule has 2 N–H and O–H groups in total. The summed E-state index contributed by atoms with van der Waals surface area (Å²) < 4.78 is 19.5. The lowest BCUT2D eigenvalue weighted by Crippen LogP contribution is -1.95. The zero-order valence-electron chi connectivity index (χ0n) is 9.08. The van der Waals surface area contributed by atoms with Crippen molar-refractivity contribution in [3.05, 3.63) is 46.3 Å². The van der Waals surface area contributed by atoms with Crippen molar-refractivity contribution < 1.29 is 9.13 Å². The Morgan fingerprint density at radius 3 is 2.76 bits per heavy atom. The molecule has 0 saturated carbocycles. The van der Waals surface area contributed by atoms with Gasteiger partial charge in [-0.25, -0.2) is 9.37 Å². The van der Waals surface area contributed by atoms with E-state index >= 15 is 0 Å². The molecule has 1 aromatic heterocycles. The van der Waals surface area contributed by atoms with Gasteiger partial charge >= 0.3 is 0 Å². The van der Waals surface area contributed by atoms with Crippen LogP contribution in [-0.4, -0.2) is 4.98 Å². The molecule has 0 fully saturated rings. The molecule has 2 rings (SSSR count). The maximum atomic E-state index is 13.5. The molecule has 1 heterocycles. The largest absolute Gasteiger partial charge is 0.436 e. The number of benzene rings is 1. The summed E-state index contributed by atoms with van der Waals surface area (Å²) >= 11 is 3.17. The number of halogens is 2. The van der Waals surface area contributed by atoms with Gasteiger partial charge in [0.25, 0.3) is 0 Å². The van der Waals surface area contributed by atoms with E-state index in [-0.39, 0.29) is 11.6 Å². The van der Waals surface area contributed by atoms with Crippen LogP contribution in [0.5, 0.6) is 11.6 Å². The van der Waals surface area contributed by atoms with E-state index in [1.165, 1.54) is 12.1 Å². The Kier molecular flexibility index (Phi) is 3.28. The van der Waals surface area contributed by atoms with Gasteiger partial charge in [0.2, 0.25) is 5.88 Å². The number of ether oxygens (including phenoxy) is 1. The summed E-state index contributed by atoms with van der Waals surface area (Å²) in [7, 11) is 0. The number of rotatable bonds is 2. The van der Waals surface area contributed by atoms with Crippen molar-refractivity contribution in [2.24, 2.45) is 0 Å². The van der Waals surface area contributed by atoms with Gasteiger partial charge in [0.15, 0.2) is 11.6 Å². The summed E-state index contributed by atoms with van der Waals surface area (Å²) in [6.45, 7) is 1.84. The van der Waals surface area contributed by atoms with Gasteiger partial charge in [-0.05, 0) is 30.7 Å². The Morgan fingerprint density at radius 2 is 2.12 bits per heavy atom. The van der Waals surface area contributed by atoms with Gasteiger partial charge in [0, 0.05) is 22.4 Å². The van der Waals surface area contributed by atoms with Crippen molar-refractivity contribution in [2.45, 2.75) is 6.92 Å². The van der Waals surface area contributed by atoms with Crippen molar-refractivity contribution >= 4 is 21.6 Å². The lowest BCUT2D eigenvalue weighted by molar-refractivity contribution is 0.427. The Balaban J connectivity index is 2.28. The Morgan fingerprint density at radius 1 is 1.35 bits per heavy atom. The molecule has 0 bridgehead atoms. The summed E-state index contributed by atoms with van der Waals surface area (Å²) in [5.74, 6) is -0.0707. The lowest BCUT2D eigenvalue weighted by atomic mass is 10.3. The number of nitrogen functional groups attached to an aromatic ring is 1. The topological polar surface area (TPSA) is 48.1 Å². The van der Waals surface area contributed by atoms with Gasteiger partial charge in [-0.2, -0.15) is 0 Å². The number of anilines is 1. The average Bonchev–Trinajstić information content (AvgIpc) is 2.27. The molecule has 1 aromatic carbocycles. The van der Waals surface area contributed by atoms with Gasteiger partial charge in [-0.1, -0.05) is 15.9 Å². The van der Waals surface area contributed by atoms with Crippen LogP contribution < -0.4 is 10.5 Å². The summed E-state index contributed by atoms with van der Waals surface area (Å²) in [6, 6.07) is 6.11. The highest BCUT2D eigenvalue weighted by atomic mass is 79.9. The highest BCUT2D eigenvalue weighted by molar-refractivity contribution is 9.10. The van der Waals surface area contributed by atoms with Crippen LogP contribution in [0.1, 0.15) is 5.56 Å². The first kappa shape index (κ1) is 11.9. The number of nitrogens with two attached hydrogens (primary N) is 1. The fraction of sp³-hybridized carbons (Fsp3) is 0.0833. The maximum Gasteiger partial charge on any atom is 0.221 e. The molecule has 0 saturated heterocycles. The molecule has 0 spiro atoms. The molecule has 0 aliphatic carbocycles. The van der Waals surface area contributed by atoms with Gasteiger partial charge in [0.1, 0.15) is 0 Å². The fourth-order valence-corrected chi connectivity index (χ4v) is 1.58. The Bertz CT molecular complexity index is 560. The molecule has 0 amide bonds. The van der Waals surface area contributed by atoms with Crippen LogP contribution >= 0.6 is 15.9 Å². The Labute approximate surface area is 107 Å². The summed E-state index contributed by atoms with van der Waals surface area (Å²) in [6.07, 6.45) is 1.58. The molecule has 0 aliphatic rings. The molecule has 88 valence electrons. The van der Waals surface area contributed by atoms with Crippen LogP contribution in [0.2, 0.25) is 0 Å². The van der Waals surface area contributed by atoms with Crippen molar-refractivity contribution in [3.8, 4) is 11.6 Å². The van der Waals surface area contributed by atoms with E-state index in [0.29, 0.717) is 10.2 Å². The summed E-state index contributed by atoms with van der Waals surface area (Å²) in [4.78, 5) is 4.02. The highest BCUT2D eigenvalue weighted by Crippen LogP contribution is 2.27. The van der Waals surface area contributed by atoms with Crippen LogP contribution in [-0.2, 0) is 0 Å². The van der Waals surface area contributed by atoms with Crippen LogP contribution in [0.15, 0.2) is 34.9 Å². The number of aromatic nitrogens is 1. The smallest absolute Gasteiger partial charge is 0.221 e. The third-order valence-electron chi connectivity index (χ3n) is 2.23. The quantitative estimate of drug-likeness (QED) is 0.920. The van der Waals surface area contributed by atoms with E-state index in [1.807, 2.05) is 6.92 Å². The van der Waals surface area contributed by atoms with Gasteiger partial charge in [-0.15, -0.1) is 0 Å². The second-order valence-corrected chi connectivity index (χ2v) is 4.47. The number of pyridine rings is 1.